The van der Waals surface area contributed by atoms with E-state index in [0.29, 0.717) is 43.0 Å². The number of nitrogens with zero attached hydrogens (tertiary/aromatic N) is 1. The minimum atomic E-state index is -0.653. The molecule has 2 aliphatic rings. The molecule has 4 atom stereocenters. The lowest BCUT2D eigenvalue weighted by molar-refractivity contribution is -0.252. The lowest BCUT2D eigenvalue weighted by Gasteiger charge is -2.38. The quantitative estimate of drug-likeness (QED) is 0.210. The average Bonchev–Trinajstić information content (AvgIpc) is 3.42. The first-order chi connectivity index (χ1) is 20.9. The number of anilines is 3. The number of rotatable bonds is 11. The van der Waals surface area contributed by atoms with Crippen molar-refractivity contribution in [2.24, 2.45) is 0 Å². The molecule has 0 saturated carbocycles. The fourth-order valence-corrected chi connectivity index (χ4v) is 5.52. The maximum absolute atomic E-state index is 12.7. The topological polar surface area (TPSA) is 146 Å². The highest BCUT2D eigenvalue weighted by Gasteiger charge is 2.34. The molecular formula is C33H40N4O6. The number of carbonyl (C=O) groups is 2. The number of nitrogens with two attached hydrogens (primary N) is 1. The molecule has 10 nitrogen and oxygen atoms in total. The first-order valence-corrected chi connectivity index (χ1v) is 14.8. The van der Waals surface area contributed by atoms with Crippen molar-refractivity contribution in [1.29, 1.82) is 0 Å². The summed E-state index contributed by atoms with van der Waals surface area (Å²) in [6.45, 7) is 2.12. The molecule has 10 heteroatoms. The molecule has 5 rings (SSSR count). The first kappa shape index (κ1) is 30.7. The number of nitrogens with one attached hydrogen (secondary N) is 2. The van der Waals surface area contributed by atoms with Crippen LogP contribution in [0.1, 0.15) is 61.2 Å². The molecule has 0 spiro atoms. The molecule has 0 aliphatic carbocycles. The predicted octanol–water partition coefficient (Wildman–Crippen LogP) is 4.12. The van der Waals surface area contributed by atoms with Crippen molar-refractivity contribution in [2.45, 2.75) is 63.3 Å². The number of ether oxygens (including phenoxy) is 2. The van der Waals surface area contributed by atoms with E-state index in [0.717, 1.165) is 29.7 Å². The van der Waals surface area contributed by atoms with Gasteiger partial charge >= 0.3 is 0 Å². The van der Waals surface area contributed by atoms with E-state index in [-0.39, 0.29) is 49.6 Å². The summed E-state index contributed by atoms with van der Waals surface area (Å²) in [7, 11) is 0. The van der Waals surface area contributed by atoms with Crippen LogP contribution in [0.4, 0.5) is 17.1 Å². The Hall–Kier alpha value is -3.80. The summed E-state index contributed by atoms with van der Waals surface area (Å²) in [6, 6.07) is 22.2. The number of para-hydroxylation sites is 2. The van der Waals surface area contributed by atoms with Gasteiger partial charge in [-0.1, -0.05) is 48.5 Å². The van der Waals surface area contributed by atoms with Gasteiger partial charge < -0.3 is 36.1 Å². The fraction of sp³-hybridized carbons (Fsp3) is 0.394. The molecule has 0 aromatic heterocycles. The highest BCUT2D eigenvalue weighted by molar-refractivity contribution is 5.94. The summed E-state index contributed by atoms with van der Waals surface area (Å²) in [5.74, 6) is -0.389. The van der Waals surface area contributed by atoms with Crippen molar-refractivity contribution < 1.29 is 29.3 Å². The lowest BCUT2D eigenvalue weighted by atomic mass is 9.99. The largest absolute Gasteiger partial charge is 0.397 e. The third-order valence-electron chi connectivity index (χ3n) is 7.81. The number of likely N-dealkylation sites (tertiary alicyclic amines) is 1. The zero-order valence-electron chi connectivity index (χ0n) is 24.2. The number of β-amino-alcohol motifs (C(OH)–C–C–N with tert-alkyl or cyclic N) is 1. The van der Waals surface area contributed by atoms with Gasteiger partial charge in [0.05, 0.1) is 36.3 Å². The van der Waals surface area contributed by atoms with E-state index in [1.165, 1.54) is 0 Å². The van der Waals surface area contributed by atoms with E-state index in [9.17, 15) is 19.8 Å². The summed E-state index contributed by atoms with van der Waals surface area (Å²) >= 11 is 0. The van der Waals surface area contributed by atoms with Crippen molar-refractivity contribution >= 4 is 28.9 Å². The van der Waals surface area contributed by atoms with Crippen LogP contribution >= 0.6 is 0 Å². The third kappa shape index (κ3) is 8.62. The zero-order valence-corrected chi connectivity index (χ0v) is 24.2. The van der Waals surface area contributed by atoms with E-state index in [1.54, 1.807) is 24.3 Å². The van der Waals surface area contributed by atoms with Gasteiger partial charge in [-0.15, -0.1) is 0 Å². The second-order valence-electron chi connectivity index (χ2n) is 11.2. The Morgan fingerprint density at radius 1 is 0.930 bits per heavy atom. The normalized spacial score (nSPS) is 22.3. The molecule has 2 heterocycles. The Bertz CT molecular complexity index is 1380. The maximum Gasteiger partial charge on any atom is 0.224 e. The van der Waals surface area contributed by atoms with Gasteiger partial charge in [-0.2, -0.15) is 0 Å². The molecule has 2 fully saturated rings. The maximum atomic E-state index is 12.7. The summed E-state index contributed by atoms with van der Waals surface area (Å²) in [6.07, 6.45) is 0.879. The van der Waals surface area contributed by atoms with Crippen LogP contribution in [0.2, 0.25) is 0 Å². The minimum absolute atomic E-state index is 0.0219. The molecule has 228 valence electrons. The van der Waals surface area contributed by atoms with Crippen molar-refractivity contribution in [1.82, 2.24) is 4.90 Å². The molecule has 2 aliphatic heterocycles. The number of amides is 2. The van der Waals surface area contributed by atoms with Crippen LogP contribution in [0.15, 0.2) is 72.8 Å². The SMILES string of the molecule is Nc1ccccc1NC(=O)CCCC(=O)Nc1cccc(C2OC(CN3CCC(O)C3)CC(c3ccc(CO)cc3)O2)c1. The summed E-state index contributed by atoms with van der Waals surface area (Å²) < 4.78 is 12.9. The molecule has 2 saturated heterocycles. The number of hydrogen-bond acceptors (Lipinski definition) is 8. The zero-order chi connectivity index (χ0) is 30.2. The van der Waals surface area contributed by atoms with Gasteiger partial charge in [0.25, 0.3) is 0 Å². The van der Waals surface area contributed by atoms with E-state index in [4.69, 9.17) is 15.2 Å². The van der Waals surface area contributed by atoms with Gasteiger partial charge in [0.15, 0.2) is 6.29 Å². The van der Waals surface area contributed by atoms with Gasteiger partial charge in [-0.25, -0.2) is 0 Å². The Labute approximate surface area is 251 Å². The summed E-state index contributed by atoms with van der Waals surface area (Å²) in [5, 5.41) is 25.2. The lowest BCUT2D eigenvalue weighted by Crippen LogP contribution is -2.38. The molecule has 6 N–H and O–H groups in total. The van der Waals surface area contributed by atoms with Crippen LogP contribution in [0.5, 0.6) is 0 Å². The Morgan fingerprint density at radius 2 is 1.70 bits per heavy atom. The second kappa shape index (κ2) is 14.6. The van der Waals surface area contributed by atoms with Crippen LogP contribution in [0.3, 0.4) is 0 Å². The molecule has 3 aromatic carbocycles. The van der Waals surface area contributed by atoms with E-state index >= 15 is 0 Å². The third-order valence-corrected chi connectivity index (χ3v) is 7.81. The smallest absolute Gasteiger partial charge is 0.224 e. The molecule has 3 aromatic rings. The number of nitrogen functional groups attached to an aromatic ring is 1. The van der Waals surface area contributed by atoms with E-state index in [1.807, 2.05) is 48.5 Å². The highest BCUT2D eigenvalue weighted by Crippen LogP contribution is 2.39. The van der Waals surface area contributed by atoms with Crippen molar-refractivity contribution in [3.05, 3.63) is 89.5 Å². The monoisotopic (exact) mass is 588 g/mol. The predicted molar refractivity (Wildman–Crippen MR) is 164 cm³/mol. The standard InChI is InChI=1S/C33H40N4O6/c34-28-7-1-2-8-29(28)36-32(41)10-4-9-31(40)35-25-6-3-5-24(17-25)33-42-27(20-37-16-15-26(39)19-37)18-30(43-33)23-13-11-22(21-38)12-14-23/h1-3,5-8,11-14,17,26-27,30,33,38-39H,4,9-10,15-16,18-21,34H2,(H,35,40)(H,36,41). The van der Waals surface area contributed by atoms with Crippen LogP contribution in [-0.4, -0.2) is 58.8 Å². The number of hydrogen-bond donors (Lipinski definition) is 5. The molecule has 43 heavy (non-hydrogen) atoms. The Kier molecular flexibility index (Phi) is 10.4. The minimum Gasteiger partial charge on any atom is -0.397 e. The second-order valence-corrected chi connectivity index (χ2v) is 11.2. The number of benzene rings is 3. The van der Waals surface area contributed by atoms with E-state index < -0.39 is 6.29 Å². The number of aliphatic hydroxyl groups excluding tert-OH is 2. The average molecular weight is 589 g/mol. The molecule has 0 bridgehead atoms. The number of carbonyl (C=O) groups excluding carboxylic acids is 2. The Morgan fingerprint density at radius 3 is 2.42 bits per heavy atom. The molecule has 4 unspecified atom stereocenters. The number of aliphatic hydroxyl groups is 2. The first-order valence-electron chi connectivity index (χ1n) is 14.8. The van der Waals surface area contributed by atoms with Crippen molar-refractivity contribution in [3.63, 3.8) is 0 Å². The van der Waals surface area contributed by atoms with Gasteiger partial charge in [0.1, 0.15) is 0 Å². The van der Waals surface area contributed by atoms with Gasteiger partial charge in [0.2, 0.25) is 11.8 Å². The van der Waals surface area contributed by atoms with Crippen LogP contribution in [-0.2, 0) is 25.7 Å². The van der Waals surface area contributed by atoms with Crippen molar-refractivity contribution in [3.8, 4) is 0 Å². The van der Waals surface area contributed by atoms with Crippen molar-refractivity contribution in [2.75, 3.05) is 36.0 Å². The summed E-state index contributed by atoms with van der Waals surface area (Å²) in [4.78, 5) is 27.2. The molecule has 2 amide bonds. The van der Waals surface area contributed by atoms with Gasteiger partial charge in [-0.3, -0.25) is 14.5 Å². The van der Waals surface area contributed by atoms with Crippen LogP contribution in [0, 0.1) is 0 Å². The van der Waals surface area contributed by atoms with Crippen LogP contribution in [0.25, 0.3) is 0 Å². The molecular weight excluding hydrogens is 548 g/mol. The highest BCUT2D eigenvalue weighted by atomic mass is 16.7. The Balaban J connectivity index is 1.19. The van der Waals surface area contributed by atoms with E-state index in [2.05, 4.69) is 15.5 Å². The summed E-state index contributed by atoms with van der Waals surface area (Å²) in [5.41, 5.74) is 10.2. The van der Waals surface area contributed by atoms with Gasteiger partial charge in [0, 0.05) is 50.1 Å². The molecule has 0 radical (unpaired) electrons. The van der Waals surface area contributed by atoms with Gasteiger partial charge in [-0.05, 0) is 48.2 Å². The fourth-order valence-electron chi connectivity index (χ4n) is 5.52. The van der Waals surface area contributed by atoms with Crippen LogP contribution < -0.4 is 16.4 Å².